The maximum atomic E-state index is 14.4. The van der Waals surface area contributed by atoms with Crippen molar-refractivity contribution in [1.82, 2.24) is 4.57 Å². The Morgan fingerprint density at radius 1 is 1.04 bits per heavy atom. The van der Waals surface area contributed by atoms with Crippen molar-refractivity contribution in [3.63, 3.8) is 0 Å². The van der Waals surface area contributed by atoms with Crippen molar-refractivity contribution in [2.45, 2.75) is 33.4 Å². The van der Waals surface area contributed by atoms with Crippen LogP contribution in [0.1, 0.15) is 49.1 Å². The van der Waals surface area contributed by atoms with Gasteiger partial charge in [0.1, 0.15) is 12.4 Å². The minimum Gasteiger partial charge on any atom is -0.490 e. The third kappa shape index (κ3) is 8.05. The number of rotatable bonds is 12. The maximum absolute atomic E-state index is 14.4. The number of aromatic nitrogens is 1. The fourth-order valence-electron chi connectivity index (χ4n) is 5.27. The van der Waals surface area contributed by atoms with Crippen LogP contribution in [0.4, 0.5) is 0 Å². The van der Waals surface area contributed by atoms with Crippen molar-refractivity contribution in [1.29, 1.82) is 5.26 Å². The van der Waals surface area contributed by atoms with Crippen LogP contribution < -0.4 is 29.1 Å². The Labute approximate surface area is 319 Å². The molecule has 0 amide bonds. The average molecular weight is 920 g/mol. The second kappa shape index (κ2) is 16.7. The van der Waals surface area contributed by atoms with Crippen LogP contribution in [0, 0.1) is 18.5 Å². The zero-order valence-electron chi connectivity index (χ0n) is 27.5. The summed E-state index contributed by atoms with van der Waals surface area (Å²) < 4.78 is 31.6. The van der Waals surface area contributed by atoms with Gasteiger partial charge in [0.15, 0.2) is 22.9 Å². The highest BCUT2D eigenvalue weighted by Crippen LogP contribution is 2.37. The van der Waals surface area contributed by atoms with Crippen LogP contribution in [0.2, 0.25) is 0 Å². The van der Waals surface area contributed by atoms with E-state index in [1.807, 2.05) is 24.3 Å². The molecule has 0 saturated carbocycles. The lowest BCUT2D eigenvalue weighted by molar-refractivity contribution is -0.143. The predicted octanol–water partition coefficient (Wildman–Crippen LogP) is 5.41. The monoisotopic (exact) mass is 919 g/mol. The number of methoxy groups -OCH3 is 1. The van der Waals surface area contributed by atoms with Crippen molar-refractivity contribution >= 4 is 74.5 Å². The maximum Gasteiger partial charge on any atom is 0.343 e. The number of esters is 2. The second-order valence-corrected chi connectivity index (χ2v) is 14.1. The molecule has 5 rings (SSSR count). The Balaban J connectivity index is 1.65. The molecule has 0 aliphatic carbocycles. The van der Waals surface area contributed by atoms with Crippen molar-refractivity contribution in [2.24, 2.45) is 4.99 Å². The van der Waals surface area contributed by atoms with Crippen molar-refractivity contribution in [3.8, 4) is 23.3 Å². The van der Waals surface area contributed by atoms with Crippen molar-refractivity contribution in [2.75, 3.05) is 26.9 Å². The van der Waals surface area contributed by atoms with Crippen LogP contribution >= 0.6 is 56.5 Å². The largest absolute Gasteiger partial charge is 0.490 e. The lowest BCUT2D eigenvalue weighted by Crippen LogP contribution is -2.40. The first kappa shape index (κ1) is 37.1. The third-order valence-corrected chi connectivity index (χ3v) is 9.91. The van der Waals surface area contributed by atoms with Gasteiger partial charge >= 0.3 is 11.9 Å². The minimum atomic E-state index is -0.907. The van der Waals surface area contributed by atoms with Crippen LogP contribution in [0.15, 0.2) is 75.7 Å². The normalized spacial score (nSPS) is 13.9. The zero-order chi connectivity index (χ0) is 35.9. The molecule has 0 unspecified atom stereocenters. The second-order valence-electron chi connectivity index (χ2n) is 10.7. The number of allylic oxidation sites excluding steroid dienone is 1. The van der Waals surface area contributed by atoms with E-state index in [0.717, 1.165) is 12.7 Å². The van der Waals surface area contributed by atoms with E-state index in [2.05, 4.69) is 56.2 Å². The highest BCUT2D eigenvalue weighted by molar-refractivity contribution is 14.1. The highest BCUT2D eigenvalue weighted by Gasteiger charge is 2.34. The van der Waals surface area contributed by atoms with Gasteiger partial charge in [-0.15, -0.1) is 0 Å². The average Bonchev–Trinajstić information content (AvgIpc) is 3.40. The Morgan fingerprint density at radius 2 is 1.82 bits per heavy atom. The van der Waals surface area contributed by atoms with Crippen LogP contribution in [0.5, 0.6) is 17.2 Å². The minimum absolute atomic E-state index is 0.129. The molecule has 1 atom stereocenters. The molecule has 258 valence electrons. The molecule has 4 aromatic rings. The molecule has 11 nitrogen and oxygen atoms in total. The first-order valence-electron chi connectivity index (χ1n) is 15.4. The lowest BCUT2D eigenvalue weighted by atomic mass is 9.95. The SMILES string of the molecule is CCOC(=O)C1=C(C)N=c2s/c(=C/c3cc(I)cc(I)c3OCc3ccccc3C#N)c(=O)n2[C@@H]1c1ccc(OCC(=O)OC)c(OCC)c1. The molecule has 2 heterocycles. The van der Waals surface area contributed by atoms with E-state index in [-0.39, 0.29) is 31.0 Å². The number of ether oxygens (including phenoxy) is 5. The van der Waals surface area contributed by atoms with E-state index in [1.165, 1.54) is 23.0 Å². The van der Waals surface area contributed by atoms with Gasteiger partial charge in [-0.25, -0.2) is 14.6 Å². The van der Waals surface area contributed by atoms with Gasteiger partial charge in [-0.3, -0.25) is 9.36 Å². The number of hydrogen-bond donors (Lipinski definition) is 0. The standard InChI is InChI=1S/C36H31I2N3O8S/c1-5-46-28-14-21(11-12-27(28)48-19-30(42)45-4)32-31(35(44)47-6-2)20(3)40-36-41(32)34(43)29(50-36)15-24-13-25(37)16-26(38)33(24)49-18-23-10-8-7-9-22(23)17-39/h7-16,32H,5-6,18-19H2,1-4H3/b29-15+/t32-/m1/s1. The number of carbonyl (C=O) groups excluding carboxylic acids is 2. The van der Waals surface area contributed by atoms with Crippen molar-refractivity contribution in [3.05, 3.63) is 115 Å². The first-order valence-corrected chi connectivity index (χ1v) is 18.3. The van der Waals surface area contributed by atoms with Crippen LogP contribution in [0.25, 0.3) is 6.08 Å². The zero-order valence-corrected chi connectivity index (χ0v) is 32.6. The van der Waals surface area contributed by atoms with Gasteiger partial charge in [-0.1, -0.05) is 35.6 Å². The number of thiazole rings is 1. The smallest absolute Gasteiger partial charge is 0.343 e. The molecule has 0 N–H and O–H groups in total. The molecule has 0 bridgehead atoms. The number of fused-ring (bicyclic) bond motifs is 1. The predicted molar refractivity (Wildman–Crippen MR) is 203 cm³/mol. The molecular weight excluding hydrogens is 888 g/mol. The molecule has 50 heavy (non-hydrogen) atoms. The first-order chi connectivity index (χ1) is 24.1. The number of carbonyl (C=O) groups is 2. The molecule has 0 saturated heterocycles. The highest BCUT2D eigenvalue weighted by atomic mass is 127. The van der Waals surface area contributed by atoms with Gasteiger partial charge in [-0.05, 0) is 108 Å². The van der Waals surface area contributed by atoms with Gasteiger partial charge in [0, 0.05) is 14.7 Å². The molecule has 0 radical (unpaired) electrons. The summed E-state index contributed by atoms with van der Waals surface area (Å²) in [6, 6.07) is 17.4. The van der Waals surface area contributed by atoms with E-state index in [0.29, 0.717) is 55.6 Å². The van der Waals surface area contributed by atoms with Gasteiger partial charge in [0.25, 0.3) is 5.56 Å². The van der Waals surface area contributed by atoms with E-state index >= 15 is 0 Å². The Bertz CT molecular complexity index is 2220. The molecule has 0 spiro atoms. The Kier molecular flexibility index (Phi) is 12.4. The molecule has 0 fully saturated rings. The summed E-state index contributed by atoms with van der Waals surface area (Å²) in [4.78, 5) is 44.7. The lowest BCUT2D eigenvalue weighted by Gasteiger charge is -2.25. The molecule has 1 aliphatic rings. The van der Waals surface area contributed by atoms with E-state index in [9.17, 15) is 19.6 Å². The van der Waals surface area contributed by atoms with Crippen LogP contribution in [-0.4, -0.2) is 43.4 Å². The number of nitriles is 1. The summed E-state index contributed by atoms with van der Waals surface area (Å²) in [6.45, 7) is 5.48. The quantitative estimate of drug-likeness (QED) is 0.135. The molecule has 3 aromatic carbocycles. The van der Waals surface area contributed by atoms with Gasteiger partial charge in [-0.2, -0.15) is 5.26 Å². The number of halogens is 2. The van der Waals surface area contributed by atoms with Crippen LogP contribution in [0.3, 0.4) is 0 Å². The van der Waals surface area contributed by atoms with Crippen molar-refractivity contribution < 1.29 is 33.3 Å². The summed E-state index contributed by atoms with van der Waals surface area (Å²) >= 11 is 5.60. The van der Waals surface area contributed by atoms with E-state index in [4.69, 9.17) is 23.7 Å². The van der Waals surface area contributed by atoms with Gasteiger partial charge < -0.3 is 23.7 Å². The van der Waals surface area contributed by atoms with Crippen LogP contribution in [-0.2, 0) is 25.7 Å². The molecule has 1 aliphatic heterocycles. The number of nitrogens with zero attached hydrogens (tertiary/aromatic N) is 3. The van der Waals surface area contributed by atoms with Gasteiger partial charge in [0.2, 0.25) is 0 Å². The molecule has 14 heteroatoms. The number of benzene rings is 3. The Hall–Kier alpha value is -4.21. The number of hydrogen-bond acceptors (Lipinski definition) is 11. The fraction of sp³-hybridized carbons (Fsp3) is 0.250. The molecular formula is C36H31I2N3O8S. The Morgan fingerprint density at radius 3 is 2.54 bits per heavy atom. The summed E-state index contributed by atoms with van der Waals surface area (Å²) in [7, 11) is 1.27. The van der Waals surface area contributed by atoms with Gasteiger partial charge in [0.05, 0.1) is 57.4 Å². The summed E-state index contributed by atoms with van der Waals surface area (Å²) in [6.07, 6.45) is 1.76. The summed E-state index contributed by atoms with van der Waals surface area (Å²) in [5.41, 5.74) is 2.73. The fourth-order valence-corrected chi connectivity index (χ4v) is 8.35. The van der Waals surface area contributed by atoms with E-state index in [1.54, 1.807) is 57.2 Å². The molecule has 1 aromatic heterocycles. The topological polar surface area (TPSA) is 138 Å². The van der Waals surface area contributed by atoms with E-state index < -0.39 is 18.0 Å². The summed E-state index contributed by atoms with van der Waals surface area (Å²) in [5, 5.41) is 9.56. The summed E-state index contributed by atoms with van der Waals surface area (Å²) in [5.74, 6) is 0.0215. The third-order valence-electron chi connectivity index (χ3n) is 7.51.